The largest absolute Gasteiger partial charge is 0.402 e. The zero-order valence-electron chi connectivity index (χ0n) is 6.64. The van der Waals surface area contributed by atoms with Crippen LogP contribution in [0.15, 0.2) is 35.1 Å². The van der Waals surface area contributed by atoms with Gasteiger partial charge in [0.25, 0.3) is 0 Å². The Balaban J connectivity index is 2.41. The van der Waals surface area contributed by atoms with Crippen molar-refractivity contribution in [3.8, 4) is 0 Å². The van der Waals surface area contributed by atoms with E-state index in [2.05, 4.69) is 18.2 Å². The van der Waals surface area contributed by atoms with Crippen molar-refractivity contribution in [2.75, 3.05) is 0 Å². The Bertz CT molecular complexity index is 256. The molecule has 0 fully saturated rings. The van der Waals surface area contributed by atoms with Gasteiger partial charge in [0.05, 0.1) is 0 Å². The van der Waals surface area contributed by atoms with Crippen molar-refractivity contribution in [1.82, 2.24) is 0 Å². The Hall–Kier alpha value is -0.980. The van der Waals surface area contributed by atoms with Crippen molar-refractivity contribution in [2.45, 2.75) is 25.7 Å². The van der Waals surface area contributed by atoms with Crippen LogP contribution in [0.3, 0.4) is 0 Å². The summed E-state index contributed by atoms with van der Waals surface area (Å²) in [6.45, 7) is 0. The van der Waals surface area contributed by atoms with Crippen LogP contribution >= 0.6 is 0 Å². The second-order valence-electron chi connectivity index (χ2n) is 3.14. The van der Waals surface area contributed by atoms with E-state index in [1.165, 1.54) is 11.1 Å². The summed E-state index contributed by atoms with van der Waals surface area (Å²) in [6.07, 6.45) is 11.2. The minimum Gasteiger partial charge on any atom is -0.402 e. The Labute approximate surface area is 67.3 Å². The second kappa shape index (κ2) is 2.57. The molecule has 0 aromatic carbocycles. The Morgan fingerprint density at radius 1 is 1.18 bits per heavy atom. The summed E-state index contributed by atoms with van der Waals surface area (Å²) in [5.41, 5.74) is 9.79. The first-order valence-corrected chi connectivity index (χ1v) is 4.22. The third kappa shape index (κ3) is 1.11. The molecule has 0 bridgehead atoms. The number of nitrogens with two attached hydrogens (primary N) is 1. The zero-order chi connectivity index (χ0) is 7.68. The fraction of sp³-hybridized carbons (Fsp3) is 0.400. The average Bonchev–Trinajstić information content (AvgIpc) is 2.06. The lowest BCUT2D eigenvalue weighted by Gasteiger charge is -2.19. The van der Waals surface area contributed by atoms with Gasteiger partial charge in [-0.25, -0.2) is 0 Å². The van der Waals surface area contributed by atoms with Crippen LogP contribution < -0.4 is 5.73 Å². The van der Waals surface area contributed by atoms with E-state index in [1.807, 2.05) is 0 Å². The van der Waals surface area contributed by atoms with Crippen molar-refractivity contribution in [3.05, 3.63) is 35.1 Å². The molecule has 2 rings (SSSR count). The third-order valence-electron chi connectivity index (χ3n) is 2.37. The molecule has 2 aliphatic rings. The van der Waals surface area contributed by atoms with Gasteiger partial charge in [0.2, 0.25) is 0 Å². The highest BCUT2D eigenvalue weighted by Gasteiger charge is 2.13. The van der Waals surface area contributed by atoms with Crippen molar-refractivity contribution >= 4 is 0 Å². The number of rotatable bonds is 0. The molecule has 0 saturated heterocycles. The van der Waals surface area contributed by atoms with E-state index >= 15 is 0 Å². The molecule has 0 aromatic heterocycles. The molecule has 0 spiro atoms. The maximum Gasteiger partial charge on any atom is 0.0122 e. The maximum absolute atomic E-state index is 5.89. The van der Waals surface area contributed by atoms with Gasteiger partial charge in [-0.05, 0) is 36.8 Å². The SMILES string of the molecule is NC1=C2CCC=CC2=CCC1. The molecular weight excluding hydrogens is 134 g/mol. The molecule has 1 heteroatoms. The molecule has 11 heavy (non-hydrogen) atoms. The second-order valence-corrected chi connectivity index (χ2v) is 3.14. The predicted octanol–water partition coefficient (Wildman–Crippen LogP) is 2.27. The van der Waals surface area contributed by atoms with Crippen molar-refractivity contribution in [1.29, 1.82) is 0 Å². The monoisotopic (exact) mass is 147 g/mol. The van der Waals surface area contributed by atoms with E-state index in [0.717, 1.165) is 31.4 Å². The van der Waals surface area contributed by atoms with Gasteiger partial charge >= 0.3 is 0 Å². The van der Waals surface area contributed by atoms with Crippen LogP contribution in [0.2, 0.25) is 0 Å². The Morgan fingerprint density at radius 3 is 2.91 bits per heavy atom. The topological polar surface area (TPSA) is 26.0 Å². The summed E-state index contributed by atoms with van der Waals surface area (Å²) < 4.78 is 0. The van der Waals surface area contributed by atoms with E-state index in [-0.39, 0.29) is 0 Å². The summed E-state index contributed by atoms with van der Waals surface area (Å²) >= 11 is 0. The van der Waals surface area contributed by atoms with E-state index in [1.54, 1.807) is 0 Å². The first kappa shape index (κ1) is 6.71. The summed E-state index contributed by atoms with van der Waals surface area (Å²) in [6, 6.07) is 0. The van der Waals surface area contributed by atoms with Gasteiger partial charge in [0.1, 0.15) is 0 Å². The van der Waals surface area contributed by atoms with Gasteiger partial charge in [0, 0.05) is 5.70 Å². The molecule has 2 N–H and O–H groups in total. The number of fused-ring (bicyclic) bond motifs is 1. The van der Waals surface area contributed by atoms with Crippen LogP contribution in [0.1, 0.15) is 25.7 Å². The highest BCUT2D eigenvalue weighted by atomic mass is 14.6. The fourth-order valence-electron chi connectivity index (χ4n) is 1.75. The lowest BCUT2D eigenvalue weighted by atomic mass is 9.88. The molecular formula is C10H13N. The predicted molar refractivity (Wildman–Crippen MR) is 46.9 cm³/mol. The van der Waals surface area contributed by atoms with Crippen molar-refractivity contribution in [3.63, 3.8) is 0 Å². The lowest BCUT2D eigenvalue weighted by molar-refractivity contribution is 0.847. The summed E-state index contributed by atoms with van der Waals surface area (Å²) in [5.74, 6) is 0. The highest BCUT2D eigenvalue weighted by molar-refractivity contribution is 5.46. The van der Waals surface area contributed by atoms with E-state index < -0.39 is 0 Å². The van der Waals surface area contributed by atoms with E-state index in [0.29, 0.717) is 0 Å². The van der Waals surface area contributed by atoms with Gasteiger partial charge in [-0.1, -0.05) is 18.2 Å². The summed E-state index contributed by atoms with van der Waals surface area (Å²) in [5, 5.41) is 0. The van der Waals surface area contributed by atoms with Crippen LogP contribution in [-0.2, 0) is 0 Å². The average molecular weight is 147 g/mol. The van der Waals surface area contributed by atoms with Crippen LogP contribution in [0, 0.1) is 0 Å². The Morgan fingerprint density at radius 2 is 2.09 bits per heavy atom. The minimum absolute atomic E-state index is 1.06. The van der Waals surface area contributed by atoms with Crippen LogP contribution in [0.5, 0.6) is 0 Å². The zero-order valence-corrected chi connectivity index (χ0v) is 6.64. The van der Waals surface area contributed by atoms with Gasteiger partial charge in [0.15, 0.2) is 0 Å². The molecule has 0 radical (unpaired) electrons. The number of allylic oxidation sites excluding steroid dienone is 6. The number of hydrogen-bond acceptors (Lipinski definition) is 1. The third-order valence-corrected chi connectivity index (χ3v) is 2.37. The van der Waals surface area contributed by atoms with Gasteiger partial charge in [-0.3, -0.25) is 0 Å². The molecule has 0 amide bonds. The first-order valence-electron chi connectivity index (χ1n) is 4.22. The molecule has 0 unspecified atom stereocenters. The van der Waals surface area contributed by atoms with Crippen LogP contribution in [-0.4, -0.2) is 0 Å². The fourth-order valence-corrected chi connectivity index (χ4v) is 1.75. The van der Waals surface area contributed by atoms with Gasteiger partial charge < -0.3 is 5.73 Å². The smallest absolute Gasteiger partial charge is 0.0122 e. The molecule has 0 aromatic rings. The Kier molecular flexibility index (Phi) is 1.57. The summed E-state index contributed by atoms with van der Waals surface area (Å²) in [7, 11) is 0. The van der Waals surface area contributed by atoms with Crippen molar-refractivity contribution < 1.29 is 0 Å². The molecule has 2 aliphatic carbocycles. The lowest BCUT2D eigenvalue weighted by Crippen LogP contribution is -2.09. The number of hydrogen-bond donors (Lipinski definition) is 1. The maximum atomic E-state index is 5.89. The first-order chi connectivity index (χ1) is 5.38. The molecule has 0 saturated carbocycles. The molecule has 0 heterocycles. The quantitative estimate of drug-likeness (QED) is 0.559. The van der Waals surface area contributed by atoms with E-state index in [9.17, 15) is 0 Å². The minimum atomic E-state index is 1.06. The summed E-state index contributed by atoms with van der Waals surface area (Å²) in [4.78, 5) is 0. The molecule has 58 valence electrons. The highest BCUT2D eigenvalue weighted by Crippen LogP contribution is 2.30. The molecule has 0 aliphatic heterocycles. The standard InChI is InChI=1S/C10H13N/c11-10-7-3-5-8-4-1-2-6-9(8)10/h1,4-5H,2-3,6-7,11H2. The molecule has 1 nitrogen and oxygen atoms in total. The molecule has 0 atom stereocenters. The normalized spacial score (nSPS) is 23.1. The van der Waals surface area contributed by atoms with Gasteiger partial charge in [-0.15, -0.1) is 0 Å². The van der Waals surface area contributed by atoms with Crippen LogP contribution in [0.4, 0.5) is 0 Å². The van der Waals surface area contributed by atoms with Gasteiger partial charge in [-0.2, -0.15) is 0 Å². The van der Waals surface area contributed by atoms with Crippen molar-refractivity contribution in [2.24, 2.45) is 5.73 Å². The van der Waals surface area contributed by atoms with E-state index in [4.69, 9.17) is 5.73 Å². The van der Waals surface area contributed by atoms with Crippen LogP contribution in [0.25, 0.3) is 0 Å².